The Balaban J connectivity index is 2.04. The second-order valence-corrected chi connectivity index (χ2v) is 4.80. The topological polar surface area (TPSA) is 95.6 Å². The van der Waals surface area contributed by atoms with Gasteiger partial charge in [-0.15, -0.1) is 0 Å². The van der Waals surface area contributed by atoms with E-state index in [1.165, 1.54) is 18.2 Å². The zero-order valence-corrected chi connectivity index (χ0v) is 11.5. The second kappa shape index (κ2) is 6.76. The molecule has 0 fully saturated rings. The fraction of sp³-hybridized carbons (Fsp3) is 0.188. The van der Waals surface area contributed by atoms with E-state index in [9.17, 15) is 15.0 Å². The number of rotatable bonds is 5. The van der Waals surface area contributed by atoms with Gasteiger partial charge in [0.2, 0.25) is 0 Å². The van der Waals surface area contributed by atoms with E-state index in [4.69, 9.17) is 5.73 Å². The maximum Gasteiger partial charge on any atom is 0.251 e. The summed E-state index contributed by atoms with van der Waals surface area (Å²) in [6.07, 6.45) is 0.632. The molecule has 5 heteroatoms. The Labute approximate surface area is 123 Å². The standard InChI is InChI=1S/C16H18N2O3/c17-10-13(8-11-4-2-1-3-5-11)18-16(21)12-6-7-14(19)15(20)9-12/h1-7,9,13,19-20H,8,10,17H2,(H,18,21). The lowest BCUT2D eigenvalue weighted by Crippen LogP contribution is -2.41. The van der Waals surface area contributed by atoms with Crippen LogP contribution in [0.4, 0.5) is 0 Å². The Kier molecular flexibility index (Phi) is 4.79. The van der Waals surface area contributed by atoms with E-state index in [0.29, 0.717) is 13.0 Å². The molecule has 1 unspecified atom stereocenters. The van der Waals surface area contributed by atoms with Gasteiger partial charge >= 0.3 is 0 Å². The first-order valence-electron chi connectivity index (χ1n) is 6.67. The molecule has 0 aliphatic carbocycles. The molecule has 0 aliphatic heterocycles. The van der Waals surface area contributed by atoms with Gasteiger partial charge in [-0.05, 0) is 30.2 Å². The van der Waals surface area contributed by atoms with Crippen LogP contribution in [-0.4, -0.2) is 28.7 Å². The molecule has 0 spiro atoms. The van der Waals surface area contributed by atoms with Crippen molar-refractivity contribution in [2.75, 3.05) is 6.54 Å². The van der Waals surface area contributed by atoms with Gasteiger partial charge < -0.3 is 21.3 Å². The molecule has 1 atom stereocenters. The summed E-state index contributed by atoms with van der Waals surface area (Å²) in [4.78, 5) is 12.1. The number of phenolic OH excluding ortho intramolecular Hbond substituents is 2. The molecular weight excluding hydrogens is 268 g/mol. The zero-order valence-electron chi connectivity index (χ0n) is 11.5. The van der Waals surface area contributed by atoms with E-state index in [1.807, 2.05) is 30.3 Å². The van der Waals surface area contributed by atoms with Crippen LogP contribution in [-0.2, 0) is 6.42 Å². The van der Waals surface area contributed by atoms with Crippen LogP contribution in [0, 0.1) is 0 Å². The predicted octanol–water partition coefficient (Wildman–Crippen LogP) is 1.40. The van der Waals surface area contributed by atoms with Gasteiger partial charge in [-0.3, -0.25) is 4.79 Å². The average Bonchev–Trinajstić information content (AvgIpc) is 2.50. The van der Waals surface area contributed by atoms with E-state index >= 15 is 0 Å². The van der Waals surface area contributed by atoms with Crippen LogP contribution >= 0.6 is 0 Å². The van der Waals surface area contributed by atoms with E-state index in [1.54, 1.807) is 0 Å². The van der Waals surface area contributed by atoms with Gasteiger partial charge in [-0.25, -0.2) is 0 Å². The molecule has 1 amide bonds. The van der Waals surface area contributed by atoms with Crippen LogP contribution in [0.5, 0.6) is 11.5 Å². The first kappa shape index (κ1) is 14.9. The molecule has 0 saturated carbocycles. The summed E-state index contributed by atoms with van der Waals surface area (Å²) >= 11 is 0. The molecule has 2 aromatic carbocycles. The van der Waals surface area contributed by atoms with Crippen LogP contribution in [0.25, 0.3) is 0 Å². The normalized spacial score (nSPS) is 11.9. The molecule has 0 radical (unpaired) electrons. The first-order chi connectivity index (χ1) is 10.1. The molecule has 5 nitrogen and oxygen atoms in total. The van der Waals surface area contributed by atoms with Crippen molar-refractivity contribution in [3.05, 3.63) is 59.7 Å². The van der Waals surface area contributed by atoms with Crippen LogP contribution in [0.1, 0.15) is 15.9 Å². The minimum Gasteiger partial charge on any atom is -0.504 e. The predicted molar refractivity (Wildman–Crippen MR) is 80.2 cm³/mol. The molecule has 2 rings (SSSR count). The van der Waals surface area contributed by atoms with Gasteiger partial charge in [0, 0.05) is 18.2 Å². The number of nitrogens with one attached hydrogen (secondary N) is 1. The summed E-state index contributed by atoms with van der Waals surface area (Å²) in [5.74, 6) is -0.919. The highest BCUT2D eigenvalue weighted by Crippen LogP contribution is 2.24. The maximum atomic E-state index is 12.1. The smallest absolute Gasteiger partial charge is 0.251 e. The Morgan fingerprint density at radius 3 is 2.43 bits per heavy atom. The molecule has 110 valence electrons. The van der Waals surface area contributed by atoms with Crippen molar-refractivity contribution >= 4 is 5.91 Å². The number of carbonyl (C=O) groups excluding carboxylic acids is 1. The summed E-state index contributed by atoms with van der Waals surface area (Å²) in [6, 6.07) is 13.5. The van der Waals surface area contributed by atoms with E-state index in [-0.39, 0.29) is 29.0 Å². The highest BCUT2D eigenvalue weighted by Gasteiger charge is 2.14. The number of carbonyl (C=O) groups is 1. The lowest BCUT2D eigenvalue weighted by Gasteiger charge is -2.17. The van der Waals surface area contributed by atoms with Gasteiger partial charge in [0.15, 0.2) is 11.5 Å². The highest BCUT2D eigenvalue weighted by molar-refractivity contribution is 5.95. The zero-order chi connectivity index (χ0) is 15.2. The van der Waals surface area contributed by atoms with Gasteiger partial charge in [0.05, 0.1) is 0 Å². The summed E-state index contributed by atoms with van der Waals surface area (Å²) in [7, 11) is 0. The number of amides is 1. The number of phenols is 2. The van der Waals surface area contributed by atoms with Crippen molar-refractivity contribution in [3.63, 3.8) is 0 Å². The molecule has 0 heterocycles. The molecule has 21 heavy (non-hydrogen) atoms. The van der Waals surface area contributed by atoms with Crippen LogP contribution in [0.15, 0.2) is 48.5 Å². The van der Waals surface area contributed by atoms with Gasteiger partial charge in [-0.2, -0.15) is 0 Å². The lowest BCUT2D eigenvalue weighted by atomic mass is 10.1. The van der Waals surface area contributed by atoms with E-state index < -0.39 is 0 Å². The Hall–Kier alpha value is -2.53. The third kappa shape index (κ3) is 3.97. The number of nitrogens with two attached hydrogens (primary N) is 1. The minimum atomic E-state index is -0.336. The SMILES string of the molecule is NCC(Cc1ccccc1)NC(=O)c1ccc(O)c(O)c1. The maximum absolute atomic E-state index is 12.1. The molecule has 5 N–H and O–H groups in total. The summed E-state index contributed by atoms with van der Waals surface area (Å²) in [6.45, 7) is 0.310. The second-order valence-electron chi connectivity index (χ2n) is 4.80. The Morgan fingerprint density at radius 1 is 1.10 bits per heavy atom. The number of hydrogen-bond donors (Lipinski definition) is 4. The van der Waals surface area contributed by atoms with Crippen molar-refractivity contribution in [1.29, 1.82) is 0 Å². The van der Waals surface area contributed by atoms with Crippen molar-refractivity contribution in [1.82, 2.24) is 5.32 Å². The monoisotopic (exact) mass is 286 g/mol. The summed E-state index contributed by atoms with van der Waals surface area (Å²) in [5, 5.41) is 21.5. The van der Waals surface area contributed by atoms with E-state index in [2.05, 4.69) is 5.32 Å². The Morgan fingerprint density at radius 2 is 1.81 bits per heavy atom. The molecular formula is C16H18N2O3. The quantitative estimate of drug-likeness (QED) is 0.625. The molecule has 2 aromatic rings. The summed E-state index contributed by atoms with van der Waals surface area (Å²) < 4.78 is 0. The third-order valence-electron chi connectivity index (χ3n) is 3.18. The average molecular weight is 286 g/mol. The van der Waals surface area contributed by atoms with Gasteiger partial charge in [-0.1, -0.05) is 30.3 Å². The molecule has 0 saturated heterocycles. The fourth-order valence-electron chi connectivity index (χ4n) is 2.03. The van der Waals surface area contributed by atoms with Gasteiger partial charge in [0.25, 0.3) is 5.91 Å². The van der Waals surface area contributed by atoms with Crippen LogP contribution in [0.3, 0.4) is 0 Å². The highest BCUT2D eigenvalue weighted by atomic mass is 16.3. The van der Waals surface area contributed by atoms with E-state index in [0.717, 1.165) is 5.56 Å². The van der Waals surface area contributed by atoms with Crippen molar-refractivity contribution < 1.29 is 15.0 Å². The molecule has 0 aliphatic rings. The molecule has 0 aromatic heterocycles. The minimum absolute atomic E-state index is 0.198. The van der Waals surface area contributed by atoms with Crippen molar-refractivity contribution in [2.45, 2.75) is 12.5 Å². The fourth-order valence-corrected chi connectivity index (χ4v) is 2.03. The van der Waals surface area contributed by atoms with Crippen LogP contribution in [0.2, 0.25) is 0 Å². The van der Waals surface area contributed by atoms with Gasteiger partial charge in [0.1, 0.15) is 0 Å². The largest absolute Gasteiger partial charge is 0.504 e. The molecule has 0 bridgehead atoms. The Bertz CT molecular complexity index is 614. The lowest BCUT2D eigenvalue weighted by molar-refractivity contribution is 0.0937. The summed E-state index contributed by atoms with van der Waals surface area (Å²) in [5.41, 5.74) is 7.06. The third-order valence-corrected chi connectivity index (χ3v) is 3.18. The first-order valence-corrected chi connectivity index (χ1v) is 6.67. The number of aromatic hydroxyl groups is 2. The van der Waals surface area contributed by atoms with Crippen LogP contribution < -0.4 is 11.1 Å². The van der Waals surface area contributed by atoms with Crippen molar-refractivity contribution in [2.24, 2.45) is 5.73 Å². The van der Waals surface area contributed by atoms with Crippen molar-refractivity contribution in [3.8, 4) is 11.5 Å². The number of benzene rings is 2. The number of hydrogen-bond acceptors (Lipinski definition) is 4.